The van der Waals surface area contributed by atoms with Crippen LogP contribution in [0.2, 0.25) is 0 Å². The lowest BCUT2D eigenvalue weighted by atomic mass is 10.1. The van der Waals surface area contributed by atoms with Crippen LogP contribution in [0.25, 0.3) is 0 Å². The molecule has 0 unspecified atom stereocenters. The summed E-state index contributed by atoms with van der Waals surface area (Å²) >= 11 is 0. The monoisotopic (exact) mass is 416 g/mol. The van der Waals surface area contributed by atoms with Crippen LogP contribution in [0.1, 0.15) is 11.1 Å². The van der Waals surface area contributed by atoms with E-state index in [1.165, 1.54) is 18.2 Å². The van der Waals surface area contributed by atoms with E-state index in [2.05, 4.69) is 0 Å². The molecule has 0 fully saturated rings. The van der Waals surface area contributed by atoms with Gasteiger partial charge in [0, 0.05) is 5.69 Å². The Morgan fingerprint density at radius 1 is 1.21 bits per heavy atom. The lowest BCUT2D eigenvalue weighted by Gasteiger charge is -2.14. The molecule has 0 bridgehead atoms. The first kappa shape index (κ1) is 21.3. The molecule has 6 nitrogen and oxygen atoms in total. The first-order valence-electron chi connectivity index (χ1n) is 7.53. The van der Waals surface area contributed by atoms with Gasteiger partial charge in [0.25, 0.3) is 5.91 Å². The Morgan fingerprint density at radius 3 is 2.43 bits per heavy atom. The number of rotatable bonds is 5. The molecule has 11 heteroatoms. The van der Waals surface area contributed by atoms with Gasteiger partial charge in [-0.1, -0.05) is 12.1 Å². The maximum absolute atomic E-state index is 13.6. The van der Waals surface area contributed by atoms with Gasteiger partial charge in [0.2, 0.25) is 0 Å². The highest BCUT2D eigenvalue weighted by atomic mass is 32.2. The summed E-state index contributed by atoms with van der Waals surface area (Å²) in [5.41, 5.74) is -2.38. The summed E-state index contributed by atoms with van der Waals surface area (Å²) in [6.07, 6.45) is -7.03. The summed E-state index contributed by atoms with van der Waals surface area (Å²) in [6.45, 7) is 0. The van der Waals surface area contributed by atoms with Gasteiger partial charge in [0.05, 0.1) is 22.9 Å². The van der Waals surface area contributed by atoms with Crippen molar-refractivity contribution in [3.8, 4) is 6.07 Å². The Balaban J connectivity index is 2.19. The SMILES string of the molecule is N#Cc1ccc(NC(=O)[C@@H](O)CS(=O)(=O)c2ccccc2F)cc1C(F)(F)F. The number of alkyl halides is 3. The Kier molecular flexibility index (Phi) is 6.06. The largest absolute Gasteiger partial charge is 0.417 e. The molecule has 2 rings (SSSR count). The average Bonchev–Trinajstić information content (AvgIpc) is 2.60. The average molecular weight is 416 g/mol. The second kappa shape index (κ2) is 7.95. The number of halogens is 4. The summed E-state index contributed by atoms with van der Waals surface area (Å²) in [5, 5.41) is 20.5. The fourth-order valence-corrected chi connectivity index (χ4v) is 3.65. The second-order valence-electron chi connectivity index (χ2n) is 5.59. The molecule has 1 amide bonds. The standard InChI is InChI=1S/C17H12F4N2O4S/c18-13-3-1-2-4-15(13)28(26,27)9-14(24)16(25)23-11-6-5-10(8-22)12(7-11)17(19,20)21/h1-7,14,24H,9H2,(H,23,25)/t14-/m0/s1. The minimum atomic E-state index is -4.86. The molecule has 0 aliphatic rings. The van der Waals surface area contributed by atoms with Crippen LogP contribution < -0.4 is 5.32 Å². The summed E-state index contributed by atoms with van der Waals surface area (Å²) < 4.78 is 76.7. The third kappa shape index (κ3) is 4.85. The summed E-state index contributed by atoms with van der Waals surface area (Å²) in [4.78, 5) is 11.2. The zero-order valence-corrected chi connectivity index (χ0v) is 14.7. The van der Waals surface area contributed by atoms with E-state index >= 15 is 0 Å². The van der Waals surface area contributed by atoms with Crippen LogP contribution in [0.3, 0.4) is 0 Å². The molecule has 2 aromatic rings. The smallest absolute Gasteiger partial charge is 0.382 e. The van der Waals surface area contributed by atoms with Crippen LogP contribution in [0, 0.1) is 17.1 Å². The van der Waals surface area contributed by atoms with Crippen LogP contribution in [0.15, 0.2) is 47.4 Å². The van der Waals surface area contributed by atoms with Gasteiger partial charge in [-0.3, -0.25) is 4.79 Å². The van der Waals surface area contributed by atoms with Crippen LogP contribution in [0.5, 0.6) is 0 Å². The van der Waals surface area contributed by atoms with Crippen molar-refractivity contribution in [3.63, 3.8) is 0 Å². The fourth-order valence-electron chi connectivity index (χ4n) is 2.25. The Labute approximate surface area is 156 Å². The number of sulfone groups is 1. The molecule has 0 heterocycles. The normalized spacial score (nSPS) is 12.9. The van der Waals surface area contributed by atoms with Crippen molar-refractivity contribution >= 4 is 21.4 Å². The van der Waals surface area contributed by atoms with Crippen LogP contribution in [-0.2, 0) is 20.8 Å². The minimum Gasteiger partial charge on any atom is -0.382 e. The number of aliphatic hydroxyl groups is 1. The second-order valence-corrected chi connectivity index (χ2v) is 7.59. The van der Waals surface area contributed by atoms with Crippen molar-refractivity contribution in [1.29, 1.82) is 5.26 Å². The van der Waals surface area contributed by atoms with E-state index in [4.69, 9.17) is 5.26 Å². The van der Waals surface area contributed by atoms with Gasteiger partial charge in [-0.05, 0) is 30.3 Å². The third-order valence-electron chi connectivity index (χ3n) is 3.56. The van der Waals surface area contributed by atoms with Gasteiger partial charge < -0.3 is 10.4 Å². The lowest BCUT2D eigenvalue weighted by molar-refractivity contribution is -0.137. The van der Waals surface area contributed by atoms with Gasteiger partial charge in [0.1, 0.15) is 16.8 Å². The topological polar surface area (TPSA) is 107 Å². The van der Waals surface area contributed by atoms with E-state index in [1.807, 2.05) is 5.32 Å². The first-order chi connectivity index (χ1) is 13.0. The van der Waals surface area contributed by atoms with Crippen molar-refractivity contribution in [2.24, 2.45) is 0 Å². The zero-order valence-electron chi connectivity index (χ0n) is 13.9. The number of nitrogens with one attached hydrogen (secondary N) is 1. The van der Waals surface area contributed by atoms with E-state index in [0.29, 0.717) is 6.07 Å². The number of hydrogen-bond donors (Lipinski definition) is 2. The molecule has 0 aliphatic carbocycles. The van der Waals surface area contributed by atoms with Gasteiger partial charge in [-0.15, -0.1) is 0 Å². The van der Waals surface area contributed by atoms with Gasteiger partial charge in [-0.2, -0.15) is 18.4 Å². The lowest BCUT2D eigenvalue weighted by Crippen LogP contribution is -2.34. The molecule has 0 aliphatic heterocycles. The minimum absolute atomic E-state index is 0.404. The number of benzene rings is 2. The summed E-state index contributed by atoms with van der Waals surface area (Å²) in [5.74, 6) is -3.56. The number of aliphatic hydroxyl groups excluding tert-OH is 1. The Bertz CT molecular complexity index is 1050. The number of amides is 1. The van der Waals surface area contributed by atoms with Crippen molar-refractivity contribution in [2.45, 2.75) is 17.2 Å². The Morgan fingerprint density at radius 2 is 1.86 bits per heavy atom. The number of nitriles is 1. The molecule has 2 N–H and O–H groups in total. The summed E-state index contributed by atoms with van der Waals surface area (Å²) in [6, 6.07) is 7.99. The van der Waals surface area contributed by atoms with Crippen molar-refractivity contribution in [1.82, 2.24) is 0 Å². The Hall–Kier alpha value is -2.97. The van der Waals surface area contributed by atoms with E-state index in [1.54, 1.807) is 0 Å². The molecule has 28 heavy (non-hydrogen) atoms. The molecular formula is C17H12F4N2O4S. The zero-order chi connectivity index (χ0) is 21.1. The van der Waals surface area contributed by atoms with E-state index < -0.39 is 61.3 Å². The molecule has 0 saturated heterocycles. The molecule has 148 valence electrons. The fraction of sp³-hybridized carbons (Fsp3) is 0.176. The molecule has 0 radical (unpaired) electrons. The predicted octanol–water partition coefficient (Wildman–Crippen LogP) is 2.49. The van der Waals surface area contributed by atoms with E-state index in [0.717, 1.165) is 24.3 Å². The highest BCUT2D eigenvalue weighted by Crippen LogP contribution is 2.33. The maximum atomic E-state index is 13.6. The first-order valence-corrected chi connectivity index (χ1v) is 9.18. The van der Waals surface area contributed by atoms with Crippen LogP contribution >= 0.6 is 0 Å². The number of nitrogens with zero attached hydrogens (tertiary/aromatic N) is 1. The molecule has 2 aromatic carbocycles. The van der Waals surface area contributed by atoms with Crippen LogP contribution in [-0.4, -0.2) is 31.3 Å². The van der Waals surface area contributed by atoms with Gasteiger partial charge in [-0.25, -0.2) is 12.8 Å². The predicted molar refractivity (Wildman–Crippen MR) is 89.2 cm³/mol. The molecule has 1 atom stereocenters. The van der Waals surface area contributed by atoms with Crippen molar-refractivity contribution < 1.29 is 35.9 Å². The molecular weight excluding hydrogens is 404 g/mol. The van der Waals surface area contributed by atoms with Gasteiger partial charge >= 0.3 is 6.18 Å². The third-order valence-corrected chi connectivity index (χ3v) is 5.32. The highest BCUT2D eigenvalue weighted by molar-refractivity contribution is 7.91. The van der Waals surface area contributed by atoms with Crippen molar-refractivity contribution in [2.75, 3.05) is 11.1 Å². The maximum Gasteiger partial charge on any atom is 0.417 e. The number of carbonyl (C=O) groups is 1. The van der Waals surface area contributed by atoms with E-state index in [9.17, 15) is 35.9 Å². The molecule has 0 aromatic heterocycles. The quantitative estimate of drug-likeness (QED) is 0.729. The number of hydrogen-bond acceptors (Lipinski definition) is 5. The highest BCUT2D eigenvalue weighted by Gasteiger charge is 2.34. The molecule has 0 spiro atoms. The summed E-state index contributed by atoms with van der Waals surface area (Å²) in [7, 11) is -4.38. The van der Waals surface area contributed by atoms with Crippen LogP contribution in [0.4, 0.5) is 23.2 Å². The van der Waals surface area contributed by atoms with E-state index in [-0.39, 0.29) is 0 Å². The van der Waals surface area contributed by atoms with Gasteiger partial charge in [0.15, 0.2) is 9.84 Å². The number of carbonyl (C=O) groups excluding carboxylic acids is 1. The number of anilines is 1. The molecule has 0 saturated carbocycles. The van der Waals surface area contributed by atoms with Crippen molar-refractivity contribution in [3.05, 3.63) is 59.4 Å².